The first kappa shape index (κ1) is 14.9. The highest BCUT2D eigenvalue weighted by molar-refractivity contribution is 5.82. The van der Waals surface area contributed by atoms with E-state index in [1.165, 1.54) is 22.4 Å². The van der Waals surface area contributed by atoms with Gasteiger partial charge in [0.2, 0.25) is 5.88 Å². The minimum Gasteiger partial charge on any atom is -0.495 e. The summed E-state index contributed by atoms with van der Waals surface area (Å²) in [7, 11) is 1.71. The number of hydrogen-bond acceptors (Lipinski definition) is 3. The van der Waals surface area contributed by atoms with Crippen LogP contribution in [0.25, 0.3) is 0 Å². The van der Waals surface area contributed by atoms with Gasteiger partial charge in [-0.05, 0) is 56.5 Å². The van der Waals surface area contributed by atoms with E-state index in [2.05, 4.69) is 42.2 Å². The van der Waals surface area contributed by atoms with Crippen LogP contribution in [0.2, 0.25) is 0 Å². The molecule has 0 spiro atoms. The van der Waals surface area contributed by atoms with Crippen LogP contribution in [0.15, 0.2) is 52.9 Å². The molecular formula is C21H21NO2. The van der Waals surface area contributed by atoms with Crippen molar-refractivity contribution in [1.82, 2.24) is 0 Å². The van der Waals surface area contributed by atoms with E-state index in [0.717, 1.165) is 35.9 Å². The number of fused-ring (bicyclic) bond motifs is 2. The fraction of sp³-hybridized carbons (Fsp3) is 0.238. The maximum atomic E-state index is 6.11. The number of furan rings is 1. The van der Waals surface area contributed by atoms with Crippen LogP contribution in [-0.4, -0.2) is 7.11 Å². The summed E-state index contributed by atoms with van der Waals surface area (Å²) in [4.78, 5) is 2.20. The molecule has 0 aliphatic carbocycles. The number of para-hydroxylation sites is 2. The Hall–Kier alpha value is -2.68. The zero-order valence-electron chi connectivity index (χ0n) is 14.3. The summed E-state index contributed by atoms with van der Waals surface area (Å²) in [6.07, 6.45) is 1.99. The smallest absolute Gasteiger partial charge is 0.207 e. The largest absolute Gasteiger partial charge is 0.495 e. The van der Waals surface area contributed by atoms with Crippen molar-refractivity contribution in [3.63, 3.8) is 0 Å². The third-order valence-corrected chi connectivity index (χ3v) is 4.58. The molecule has 0 radical (unpaired) electrons. The lowest BCUT2D eigenvalue weighted by Crippen LogP contribution is -2.12. The Morgan fingerprint density at radius 3 is 2.54 bits per heavy atom. The molecule has 1 aliphatic heterocycles. The first-order chi connectivity index (χ1) is 11.7. The molecule has 2 heterocycles. The summed E-state index contributed by atoms with van der Waals surface area (Å²) in [6.45, 7) is 4.14. The quantitative estimate of drug-likeness (QED) is 0.626. The molecule has 1 aromatic heterocycles. The van der Waals surface area contributed by atoms with E-state index in [9.17, 15) is 0 Å². The molecule has 0 bridgehead atoms. The number of nitrogens with zero attached hydrogens (tertiary/aromatic N) is 1. The van der Waals surface area contributed by atoms with Crippen molar-refractivity contribution < 1.29 is 9.15 Å². The predicted molar refractivity (Wildman–Crippen MR) is 96.8 cm³/mol. The highest BCUT2D eigenvalue weighted by Crippen LogP contribution is 2.46. The zero-order valence-corrected chi connectivity index (χ0v) is 14.3. The third-order valence-electron chi connectivity index (χ3n) is 4.58. The SMILES string of the molecule is COc1ccccc1N1c2ccc(C)cc2CCc2cc(C)oc21. The molecule has 2 aromatic carbocycles. The van der Waals surface area contributed by atoms with E-state index in [0.29, 0.717) is 0 Å². The lowest BCUT2D eigenvalue weighted by molar-refractivity contribution is 0.415. The normalized spacial score (nSPS) is 13.2. The van der Waals surface area contributed by atoms with E-state index >= 15 is 0 Å². The number of rotatable bonds is 2. The lowest BCUT2D eigenvalue weighted by atomic mass is 10.0. The molecule has 0 saturated heterocycles. The van der Waals surface area contributed by atoms with Crippen molar-refractivity contribution in [2.75, 3.05) is 12.0 Å². The number of anilines is 3. The monoisotopic (exact) mass is 319 g/mol. The standard InChI is InChI=1S/C21H21NO2/c1-14-8-11-18-16(12-14)9-10-17-13-15(2)24-21(17)22(18)19-6-4-5-7-20(19)23-3/h4-8,11-13H,9-10H2,1-3H3. The van der Waals surface area contributed by atoms with Crippen molar-refractivity contribution >= 4 is 17.3 Å². The Kier molecular flexibility index (Phi) is 3.57. The Labute approximate surface area is 142 Å². The number of methoxy groups -OCH3 is 1. The van der Waals surface area contributed by atoms with Gasteiger partial charge in [-0.25, -0.2) is 0 Å². The molecule has 1 aliphatic rings. The van der Waals surface area contributed by atoms with Crippen LogP contribution in [0.5, 0.6) is 5.75 Å². The van der Waals surface area contributed by atoms with Gasteiger partial charge in [0.15, 0.2) is 0 Å². The van der Waals surface area contributed by atoms with Crippen molar-refractivity contribution in [2.45, 2.75) is 26.7 Å². The Bertz CT molecular complexity index is 895. The van der Waals surface area contributed by atoms with Crippen LogP contribution >= 0.6 is 0 Å². The minimum absolute atomic E-state index is 0.839. The van der Waals surface area contributed by atoms with Gasteiger partial charge in [0.25, 0.3) is 0 Å². The van der Waals surface area contributed by atoms with Crippen LogP contribution in [0.1, 0.15) is 22.5 Å². The minimum atomic E-state index is 0.839. The highest BCUT2D eigenvalue weighted by Gasteiger charge is 2.27. The molecule has 3 aromatic rings. The topological polar surface area (TPSA) is 25.6 Å². The summed E-state index contributed by atoms with van der Waals surface area (Å²) in [6, 6.07) is 16.9. The molecule has 0 saturated carbocycles. The summed E-state index contributed by atoms with van der Waals surface area (Å²) in [5.74, 6) is 2.68. The van der Waals surface area contributed by atoms with E-state index in [1.54, 1.807) is 7.11 Å². The first-order valence-corrected chi connectivity index (χ1v) is 8.29. The second kappa shape index (κ2) is 5.75. The third kappa shape index (κ3) is 2.37. The average molecular weight is 319 g/mol. The summed E-state index contributed by atoms with van der Waals surface area (Å²) in [5.41, 5.74) is 6.03. The fourth-order valence-electron chi connectivity index (χ4n) is 3.49. The van der Waals surface area contributed by atoms with Gasteiger partial charge >= 0.3 is 0 Å². The van der Waals surface area contributed by atoms with Crippen LogP contribution in [0.3, 0.4) is 0 Å². The van der Waals surface area contributed by atoms with Crippen molar-refractivity contribution in [2.24, 2.45) is 0 Å². The van der Waals surface area contributed by atoms with Crippen LogP contribution in [0, 0.1) is 13.8 Å². The van der Waals surface area contributed by atoms with E-state index < -0.39 is 0 Å². The van der Waals surface area contributed by atoms with Crippen LogP contribution in [0.4, 0.5) is 17.3 Å². The molecule has 0 fully saturated rings. The molecule has 0 amide bonds. The number of hydrogen-bond donors (Lipinski definition) is 0. The van der Waals surface area contributed by atoms with Gasteiger partial charge in [-0.2, -0.15) is 0 Å². The average Bonchev–Trinajstić information content (AvgIpc) is 2.89. The van der Waals surface area contributed by atoms with E-state index in [4.69, 9.17) is 9.15 Å². The number of benzene rings is 2. The van der Waals surface area contributed by atoms with Gasteiger partial charge in [0.1, 0.15) is 11.5 Å². The van der Waals surface area contributed by atoms with Crippen LogP contribution < -0.4 is 9.64 Å². The summed E-state index contributed by atoms with van der Waals surface area (Å²) >= 11 is 0. The zero-order chi connectivity index (χ0) is 16.7. The predicted octanol–water partition coefficient (Wildman–Crippen LogP) is 5.47. The molecule has 0 unspecified atom stereocenters. The molecule has 3 nitrogen and oxygen atoms in total. The Balaban J connectivity index is 2.00. The van der Waals surface area contributed by atoms with Crippen molar-refractivity contribution in [1.29, 1.82) is 0 Å². The molecule has 24 heavy (non-hydrogen) atoms. The molecule has 0 atom stereocenters. The van der Waals surface area contributed by atoms with Gasteiger partial charge in [0.05, 0.1) is 18.5 Å². The molecule has 122 valence electrons. The molecule has 4 rings (SSSR count). The molecular weight excluding hydrogens is 298 g/mol. The highest BCUT2D eigenvalue weighted by atomic mass is 16.5. The number of aryl methyl sites for hydroxylation is 4. The van der Waals surface area contributed by atoms with E-state index in [1.807, 2.05) is 25.1 Å². The van der Waals surface area contributed by atoms with Crippen molar-refractivity contribution in [3.05, 3.63) is 71.0 Å². The van der Waals surface area contributed by atoms with Gasteiger partial charge < -0.3 is 9.15 Å². The first-order valence-electron chi connectivity index (χ1n) is 8.29. The second-order valence-electron chi connectivity index (χ2n) is 6.33. The van der Waals surface area contributed by atoms with Gasteiger partial charge in [-0.1, -0.05) is 29.8 Å². The molecule has 3 heteroatoms. The van der Waals surface area contributed by atoms with Crippen molar-refractivity contribution in [3.8, 4) is 5.75 Å². The lowest BCUT2D eigenvalue weighted by Gasteiger charge is -2.26. The maximum absolute atomic E-state index is 6.11. The Morgan fingerprint density at radius 2 is 1.71 bits per heavy atom. The second-order valence-corrected chi connectivity index (χ2v) is 6.33. The van der Waals surface area contributed by atoms with Gasteiger partial charge in [-0.15, -0.1) is 0 Å². The molecule has 0 N–H and O–H groups in total. The number of ether oxygens (including phenoxy) is 1. The van der Waals surface area contributed by atoms with Gasteiger partial charge in [-0.3, -0.25) is 4.90 Å². The fourth-order valence-corrected chi connectivity index (χ4v) is 3.49. The van der Waals surface area contributed by atoms with Crippen LogP contribution in [-0.2, 0) is 12.8 Å². The van der Waals surface area contributed by atoms with Gasteiger partial charge in [0, 0.05) is 5.56 Å². The van der Waals surface area contributed by atoms with E-state index in [-0.39, 0.29) is 0 Å². The summed E-state index contributed by atoms with van der Waals surface area (Å²) in [5, 5.41) is 0. The Morgan fingerprint density at radius 1 is 0.917 bits per heavy atom. The summed E-state index contributed by atoms with van der Waals surface area (Å²) < 4.78 is 11.7. The maximum Gasteiger partial charge on any atom is 0.207 e.